The lowest BCUT2D eigenvalue weighted by Gasteiger charge is -2.24. The molecule has 2 aromatic carbocycles. The van der Waals surface area contributed by atoms with E-state index in [-0.39, 0.29) is 21.5 Å². The van der Waals surface area contributed by atoms with E-state index in [1.165, 1.54) is 24.3 Å². The average Bonchev–Trinajstić information content (AvgIpc) is 2.55. The van der Waals surface area contributed by atoms with Gasteiger partial charge in [0.2, 0.25) is 15.9 Å². The smallest absolute Gasteiger partial charge is 0.241 e. The zero-order valence-electron chi connectivity index (χ0n) is 14.0. The summed E-state index contributed by atoms with van der Waals surface area (Å²) in [5.74, 6) is -0.922. The lowest BCUT2D eigenvalue weighted by molar-refractivity contribution is -0.120. The van der Waals surface area contributed by atoms with E-state index in [9.17, 15) is 17.6 Å². The maximum Gasteiger partial charge on any atom is 0.241 e. The average molecular weight is 419 g/mol. The number of rotatable bonds is 6. The number of amides is 1. The van der Waals surface area contributed by atoms with Crippen molar-refractivity contribution in [2.75, 3.05) is 17.1 Å². The van der Waals surface area contributed by atoms with Crippen molar-refractivity contribution in [3.05, 3.63) is 63.9 Å². The first-order valence-electron chi connectivity index (χ1n) is 7.56. The molecule has 0 aliphatic carbocycles. The summed E-state index contributed by atoms with van der Waals surface area (Å²) < 4.78 is 38.1. The third-order valence-corrected chi connectivity index (χ3v) is 5.57. The maximum absolute atomic E-state index is 13.0. The molecule has 1 amide bonds. The van der Waals surface area contributed by atoms with Crippen LogP contribution in [0.4, 0.5) is 10.1 Å². The summed E-state index contributed by atoms with van der Waals surface area (Å²) in [4.78, 5) is 12.4. The van der Waals surface area contributed by atoms with Gasteiger partial charge in [0.05, 0.1) is 28.0 Å². The van der Waals surface area contributed by atoms with Crippen LogP contribution in [0.2, 0.25) is 10.0 Å². The number of nitrogens with one attached hydrogen (secondary N) is 1. The van der Waals surface area contributed by atoms with Crippen LogP contribution >= 0.6 is 23.2 Å². The summed E-state index contributed by atoms with van der Waals surface area (Å²) >= 11 is 12.0. The van der Waals surface area contributed by atoms with E-state index < -0.39 is 28.5 Å². The number of nitrogens with zero attached hydrogens (tertiary/aromatic N) is 1. The predicted molar refractivity (Wildman–Crippen MR) is 102 cm³/mol. The lowest BCUT2D eigenvalue weighted by atomic mass is 10.1. The highest BCUT2D eigenvalue weighted by Crippen LogP contribution is 2.33. The molecular weight excluding hydrogens is 402 g/mol. The molecule has 0 heterocycles. The van der Waals surface area contributed by atoms with Gasteiger partial charge >= 0.3 is 0 Å². The van der Waals surface area contributed by atoms with Gasteiger partial charge in [-0.15, -0.1) is 0 Å². The zero-order chi connectivity index (χ0) is 19.5. The van der Waals surface area contributed by atoms with E-state index >= 15 is 0 Å². The van der Waals surface area contributed by atoms with E-state index in [4.69, 9.17) is 23.2 Å². The molecule has 5 nitrogen and oxygen atoms in total. The van der Waals surface area contributed by atoms with Gasteiger partial charge in [-0.2, -0.15) is 0 Å². The van der Waals surface area contributed by atoms with Gasteiger partial charge in [-0.3, -0.25) is 9.10 Å². The Morgan fingerprint density at radius 2 is 1.81 bits per heavy atom. The molecule has 0 bridgehead atoms. The Hall–Kier alpha value is -1.83. The molecular formula is C17H17Cl2FN2O3S. The van der Waals surface area contributed by atoms with E-state index in [0.717, 1.165) is 10.6 Å². The number of anilines is 1. The third-order valence-electron chi connectivity index (χ3n) is 3.63. The Bertz CT molecular complexity index is 905. The molecule has 0 spiro atoms. The molecule has 0 aliphatic rings. The molecule has 0 saturated carbocycles. The summed E-state index contributed by atoms with van der Waals surface area (Å²) in [6.45, 7) is 1.24. The molecule has 0 saturated heterocycles. The normalized spacial score (nSPS) is 12.5. The SMILES string of the molecule is C[C@H](NC(=O)CN(c1cccc(Cl)c1Cl)S(C)(=O)=O)c1ccc(F)cc1. The van der Waals surface area contributed by atoms with Crippen LogP contribution in [-0.4, -0.2) is 27.1 Å². The van der Waals surface area contributed by atoms with Gasteiger partial charge in [0.25, 0.3) is 0 Å². The van der Waals surface area contributed by atoms with Crippen LogP contribution in [0.3, 0.4) is 0 Å². The second-order valence-electron chi connectivity index (χ2n) is 5.68. The first-order chi connectivity index (χ1) is 12.1. The van der Waals surface area contributed by atoms with Crippen molar-refractivity contribution in [2.45, 2.75) is 13.0 Å². The predicted octanol–water partition coefficient (Wildman–Crippen LogP) is 3.78. The first kappa shape index (κ1) is 20.5. The van der Waals surface area contributed by atoms with Crippen LogP contribution in [-0.2, 0) is 14.8 Å². The van der Waals surface area contributed by atoms with Crippen molar-refractivity contribution >= 4 is 44.8 Å². The molecule has 2 rings (SSSR count). The lowest BCUT2D eigenvalue weighted by Crippen LogP contribution is -2.41. The molecule has 0 aromatic heterocycles. The monoisotopic (exact) mass is 418 g/mol. The van der Waals surface area contributed by atoms with Gasteiger partial charge in [-0.05, 0) is 36.8 Å². The Kier molecular flexibility index (Phi) is 6.49. The summed E-state index contributed by atoms with van der Waals surface area (Å²) in [6, 6.07) is 9.75. The van der Waals surface area contributed by atoms with Crippen molar-refractivity contribution in [2.24, 2.45) is 0 Å². The molecule has 1 N–H and O–H groups in total. The molecule has 0 fully saturated rings. The fourth-order valence-electron chi connectivity index (χ4n) is 2.32. The van der Waals surface area contributed by atoms with E-state index in [2.05, 4.69) is 5.32 Å². The molecule has 9 heteroatoms. The number of hydrogen-bond acceptors (Lipinski definition) is 3. The molecule has 0 unspecified atom stereocenters. The highest BCUT2D eigenvalue weighted by Gasteiger charge is 2.24. The quantitative estimate of drug-likeness (QED) is 0.775. The van der Waals surface area contributed by atoms with Crippen LogP contribution in [0.25, 0.3) is 0 Å². The molecule has 0 radical (unpaired) electrons. The van der Waals surface area contributed by atoms with Crippen LogP contribution in [0.5, 0.6) is 0 Å². The highest BCUT2D eigenvalue weighted by molar-refractivity contribution is 7.92. The summed E-state index contributed by atoms with van der Waals surface area (Å²) in [5, 5.41) is 2.90. The molecule has 140 valence electrons. The van der Waals surface area contributed by atoms with Crippen molar-refractivity contribution in [1.82, 2.24) is 5.32 Å². The van der Waals surface area contributed by atoms with Crippen molar-refractivity contribution in [1.29, 1.82) is 0 Å². The van der Waals surface area contributed by atoms with Crippen LogP contribution in [0.1, 0.15) is 18.5 Å². The molecule has 0 aliphatic heterocycles. The standard InChI is InChI=1S/C17H17Cl2FN2O3S/c1-11(12-6-8-13(20)9-7-12)21-16(23)10-22(26(2,24)25)15-5-3-4-14(18)17(15)19/h3-9,11H,10H2,1-2H3,(H,21,23)/t11-/m0/s1. The van der Waals surface area contributed by atoms with Gasteiger partial charge in [-0.1, -0.05) is 41.4 Å². The van der Waals surface area contributed by atoms with Crippen LogP contribution in [0.15, 0.2) is 42.5 Å². The second-order valence-corrected chi connectivity index (χ2v) is 8.38. The minimum atomic E-state index is -3.78. The molecule has 26 heavy (non-hydrogen) atoms. The minimum Gasteiger partial charge on any atom is -0.348 e. The fourth-order valence-corrected chi connectivity index (χ4v) is 3.63. The van der Waals surface area contributed by atoms with Gasteiger partial charge in [0, 0.05) is 0 Å². The number of carbonyl (C=O) groups is 1. The van der Waals surface area contributed by atoms with Crippen molar-refractivity contribution in [3.8, 4) is 0 Å². The fraction of sp³-hybridized carbons (Fsp3) is 0.235. The Balaban J connectivity index is 2.19. The van der Waals surface area contributed by atoms with E-state index in [1.54, 1.807) is 25.1 Å². The number of sulfonamides is 1. The molecule has 1 atom stereocenters. The van der Waals surface area contributed by atoms with Crippen LogP contribution < -0.4 is 9.62 Å². The Morgan fingerprint density at radius 1 is 1.19 bits per heavy atom. The number of carbonyl (C=O) groups excluding carboxylic acids is 1. The third kappa shape index (κ3) is 5.09. The van der Waals surface area contributed by atoms with Gasteiger partial charge < -0.3 is 5.32 Å². The van der Waals surface area contributed by atoms with E-state index in [1.807, 2.05) is 0 Å². The van der Waals surface area contributed by atoms with E-state index in [0.29, 0.717) is 5.56 Å². The minimum absolute atomic E-state index is 0.0407. The zero-order valence-corrected chi connectivity index (χ0v) is 16.4. The molecule has 2 aromatic rings. The van der Waals surface area contributed by atoms with Crippen molar-refractivity contribution < 1.29 is 17.6 Å². The Morgan fingerprint density at radius 3 is 2.38 bits per heavy atom. The van der Waals surface area contributed by atoms with Crippen molar-refractivity contribution in [3.63, 3.8) is 0 Å². The van der Waals surface area contributed by atoms with Crippen LogP contribution in [0, 0.1) is 5.82 Å². The van der Waals surface area contributed by atoms with Gasteiger partial charge in [-0.25, -0.2) is 12.8 Å². The van der Waals surface area contributed by atoms with Gasteiger partial charge in [0.1, 0.15) is 12.4 Å². The number of halogens is 3. The first-order valence-corrected chi connectivity index (χ1v) is 10.2. The topological polar surface area (TPSA) is 66.5 Å². The van der Waals surface area contributed by atoms with Gasteiger partial charge in [0.15, 0.2) is 0 Å². The number of benzene rings is 2. The largest absolute Gasteiger partial charge is 0.348 e. The summed E-state index contributed by atoms with van der Waals surface area (Å²) in [6.07, 6.45) is 0.973. The number of hydrogen-bond donors (Lipinski definition) is 1. The maximum atomic E-state index is 13.0. The highest BCUT2D eigenvalue weighted by atomic mass is 35.5. The Labute approximate surface area is 161 Å². The second kappa shape index (κ2) is 8.24. The summed E-state index contributed by atoms with van der Waals surface area (Å²) in [7, 11) is -3.78. The summed E-state index contributed by atoms with van der Waals surface area (Å²) in [5.41, 5.74) is 0.803.